The van der Waals surface area contributed by atoms with Crippen molar-refractivity contribution in [2.24, 2.45) is 7.05 Å². The highest BCUT2D eigenvalue weighted by molar-refractivity contribution is 6.31. The maximum atomic E-state index is 8.74. The Hall–Kier alpha value is -0.940. The summed E-state index contributed by atoms with van der Waals surface area (Å²) in [6, 6.07) is 3.92. The molecule has 0 aliphatic rings. The molecule has 0 atom stereocenters. The molecule has 0 N–H and O–H groups in total. The van der Waals surface area contributed by atoms with Gasteiger partial charge in [0.2, 0.25) is 0 Å². The fraction of sp³-hybridized carbons (Fsp3) is 0.444. The van der Waals surface area contributed by atoms with Crippen LogP contribution in [0.3, 0.4) is 0 Å². The Bertz CT molecular complexity index is 331. The second-order valence-electron chi connectivity index (χ2n) is 3.09. The third-order valence-electron chi connectivity index (χ3n) is 1.92. The van der Waals surface area contributed by atoms with Gasteiger partial charge in [0.25, 0.3) is 0 Å². The lowest BCUT2D eigenvalue weighted by Gasteiger charge is -2.05. The van der Waals surface area contributed by atoms with Gasteiger partial charge in [-0.3, -0.25) is 0 Å². The highest BCUT2D eigenvalue weighted by atomic mass is 35.5. The molecule has 1 heterocycles. The van der Waals surface area contributed by atoms with E-state index in [1.807, 2.05) is 17.7 Å². The van der Waals surface area contributed by atoms with Crippen LogP contribution >= 0.6 is 11.6 Å². The summed E-state index contributed by atoms with van der Waals surface area (Å²) in [5.41, 5.74) is 1.64. The van der Waals surface area contributed by atoms with Gasteiger partial charge in [-0.25, -0.2) is 0 Å². The Morgan fingerprint density at radius 1 is 1.58 bits per heavy atom. The maximum Gasteiger partial charge on any atom is 0.139 e. The largest absolute Gasteiger partial charge is 0.338 e. The molecule has 3 heteroatoms. The standard InChI is InChI=1S/C9H11ClN2/c1-6(2)8-4-7(10)9(5-11)12(8)3/h4,6H,1-3H3. The van der Waals surface area contributed by atoms with Crippen LogP contribution < -0.4 is 0 Å². The molecule has 0 bridgehead atoms. The van der Waals surface area contributed by atoms with Gasteiger partial charge in [0.05, 0.1) is 5.02 Å². The predicted octanol–water partition coefficient (Wildman–Crippen LogP) is 2.67. The van der Waals surface area contributed by atoms with Crippen LogP contribution in [-0.4, -0.2) is 4.57 Å². The summed E-state index contributed by atoms with van der Waals surface area (Å²) >= 11 is 5.85. The molecule has 0 amide bonds. The average Bonchev–Trinajstić information content (AvgIpc) is 2.27. The lowest BCUT2D eigenvalue weighted by Crippen LogP contribution is -1.99. The van der Waals surface area contributed by atoms with Crippen LogP contribution in [0.25, 0.3) is 0 Å². The minimum absolute atomic E-state index is 0.398. The molecule has 0 aromatic carbocycles. The van der Waals surface area contributed by atoms with Crippen LogP contribution in [0.1, 0.15) is 31.2 Å². The SMILES string of the molecule is CC(C)c1cc(Cl)c(C#N)n1C. The zero-order chi connectivity index (χ0) is 9.30. The van der Waals surface area contributed by atoms with Crippen molar-refractivity contribution in [1.82, 2.24) is 4.57 Å². The van der Waals surface area contributed by atoms with Crippen LogP contribution in [-0.2, 0) is 7.05 Å². The molecular formula is C9H11ClN2. The summed E-state index contributed by atoms with van der Waals surface area (Å²) in [6.07, 6.45) is 0. The second kappa shape index (κ2) is 3.20. The third kappa shape index (κ3) is 1.33. The Kier molecular flexibility index (Phi) is 2.44. The molecular weight excluding hydrogens is 172 g/mol. The molecule has 0 unspecified atom stereocenters. The van der Waals surface area contributed by atoms with Gasteiger partial charge in [-0.2, -0.15) is 5.26 Å². The topological polar surface area (TPSA) is 28.7 Å². The number of hydrogen-bond donors (Lipinski definition) is 0. The molecule has 0 radical (unpaired) electrons. The van der Waals surface area contributed by atoms with Crippen LogP contribution in [0.4, 0.5) is 0 Å². The van der Waals surface area contributed by atoms with Crippen LogP contribution in [0.2, 0.25) is 5.02 Å². The van der Waals surface area contributed by atoms with Gasteiger partial charge in [-0.05, 0) is 12.0 Å². The molecule has 64 valence electrons. The van der Waals surface area contributed by atoms with Crippen molar-refractivity contribution < 1.29 is 0 Å². The quantitative estimate of drug-likeness (QED) is 0.657. The maximum absolute atomic E-state index is 8.74. The van der Waals surface area contributed by atoms with E-state index in [2.05, 4.69) is 19.9 Å². The van der Waals surface area contributed by atoms with Crippen molar-refractivity contribution in [2.75, 3.05) is 0 Å². The first kappa shape index (κ1) is 9.15. The molecule has 12 heavy (non-hydrogen) atoms. The third-order valence-corrected chi connectivity index (χ3v) is 2.21. The zero-order valence-electron chi connectivity index (χ0n) is 7.43. The Balaban J connectivity index is 3.29. The lowest BCUT2D eigenvalue weighted by atomic mass is 10.1. The second-order valence-corrected chi connectivity index (χ2v) is 3.50. The molecule has 0 saturated heterocycles. The molecule has 0 aliphatic heterocycles. The smallest absolute Gasteiger partial charge is 0.139 e. The van der Waals surface area contributed by atoms with Gasteiger partial charge in [0.1, 0.15) is 11.8 Å². The summed E-state index contributed by atoms with van der Waals surface area (Å²) in [7, 11) is 1.86. The molecule has 0 fully saturated rings. The van der Waals surface area contributed by atoms with Crippen molar-refractivity contribution in [2.45, 2.75) is 19.8 Å². The number of hydrogen-bond acceptors (Lipinski definition) is 1. The first-order valence-electron chi connectivity index (χ1n) is 3.83. The fourth-order valence-electron chi connectivity index (χ4n) is 1.27. The van der Waals surface area contributed by atoms with Gasteiger partial charge in [-0.15, -0.1) is 0 Å². The summed E-state index contributed by atoms with van der Waals surface area (Å²) in [6.45, 7) is 4.15. The van der Waals surface area contributed by atoms with Gasteiger partial charge in [0, 0.05) is 12.7 Å². The predicted molar refractivity (Wildman–Crippen MR) is 49.2 cm³/mol. The molecule has 0 spiro atoms. The van der Waals surface area contributed by atoms with Gasteiger partial charge in [0.15, 0.2) is 0 Å². The van der Waals surface area contributed by atoms with Gasteiger partial charge < -0.3 is 4.57 Å². The van der Waals surface area contributed by atoms with Crippen molar-refractivity contribution in [3.63, 3.8) is 0 Å². The highest BCUT2D eigenvalue weighted by Gasteiger charge is 2.12. The van der Waals surface area contributed by atoms with Crippen LogP contribution in [0, 0.1) is 11.3 Å². The number of nitrogens with zero attached hydrogens (tertiary/aromatic N) is 2. The van der Waals surface area contributed by atoms with Crippen LogP contribution in [0.5, 0.6) is 0 Å². The highest BCUT2D eigenvalue weighted by Crippen LogP contribution is 2.24. The van der Waals surface area contributed by atoms with E-state index in [9.17, 15) is 0 Å². The monoisotopic (exact) mass is 182 g/mol. The first-order valence-corrected chi connectivity index (χ1v) is 4.21. The number of halogens is 1. The van der Waals surface area contributed by atoms with E-state index in [4.69, 9.17) is 16.9 Å². The summed E-state index contributed by atoms with van der Waals surface area (Å²) in [5, 5.41) is 9.28. The minimum atomic E-state index is 0.398. The molecule has 1 aromatic rings. The Labute approximate surface area is 77.4 Å². The first-order chi connectivity index (χ1) is 5.57. The zero-order valence-corrected chi connectivity index (χ0v) is 8.18. The number of nitriles is 1. The summed E-state index contributed by atoms with van der Waals surface area (Å²) in [4.78, 5) is 0. The Morgan fingerprint density at radius 2 is 2.17 bits per heavy atom. The van der Waals surface area contributed by atoms with Crippen molar-refractivity contribution in [3.05, 3.63) is 22.5 Å². The number of rotatable bonds is 1. The minimum Gasteiger partial charge on any atom is -0.338 e. The van der Waals surface area contributed by atoms with E-state index in [1.165, 1.54) is 0 Å². The molecule has 0 saturated carbocycles. The van der Waals surface area contributed by atoms with Gasteiger partial charge >= 0.3 is 0 Å². The van der Waals surface area contributed by atoms with Gasteiger partial charge in [-0.1, -0.05) is 25.4 Å². The van der Waals surface area contributed by atoms with E-state index in [0.29, 0.717) is 16.6 Å². The molecule has 1 rings (SSSR count). The van der Waals surface area contributed by atoms with Crippen molar-refractivity contribution in [3.8, 4) is 6.07 Å². The van der Waals surface area contributed by atoms with E-state index in [1.54, 1.807) is 0 Å². The van der Waals surface area contributed by atoms with E-state index in [0.717, 1.165) is 5.69 Å². The average molecular weight is 183 g/mol. The molecule has 1 aromatic heterocycles. The fourth-order valence-corrected chi connectivity index (χ4v) is 1.55. The molecule has 2 nitrogen and oxygen atoms in total. The lowest BCUT2D eigenvalue weighted by molar-refractivity contribution is 0.735. The van der Waals surface area contributed by atoms with Crippen LogP contribution in [0.15, 0.2) is 6.07 Å². The molecule has 0 aliphatic carbocycles. The van der Waals surface area contributed by atoms with Crippen molar-refractivity contribution >= 4 is 11.6 Å². The Morgan fingerprint density at radius 3 is 2.42 bits per heavy atom. The van der Waals surface area contributed by atoms with Crippen molar-refractivity contribution in [1.29, 1.82) is 5.26 Å². The van der Waals surface area contributed by atoms with E-state index in [-0.39, 0.29) is 0 Å². The normalized spacial score (nSPS) is 10.3. The van der Waals surface area contributed by atoms with E-state index >= 15 is 0 Å². The summed E-state index contributed by atoms with van der Waals surface area (Å²) in [5.74, 6) is 0.398. The number of aromatic nitrogens is 1. The summed E-state index contributed by atoms with van der Waals surface area (Å²) < 4.78 is 1.84. The van der Waals surface area contributed by atoms with E-state index < -0.39 is 0 Å².